The number of imidazole rings is 1. The molecule has 2 atom stereocenters. The third-order valence-electron chi connectivity index (χ3n) is 4.22. The summed E-state index contributed by atoms with van der Waals surface area (Å²) in [7, 11) is 2.19. The number of nitrogens with zero attached hydrogens (tertiary/aromatic N) is 3. The predicted octanol–water partition coefficient (Wildman–Crippen LogP) is 2.31. The van der Waals surface area contributed by atoms with Crippen molar-refractivity contribution < 1.29 is 0 Å². The van der Waals surface area contributed by atoms with Gasteiger partial charge >= 0.3 is 0 Å². The van der Waals surface area contributed by atoms with Crippen LogP contribution >= 0.6 is 0 Å². The standard InChI is InChI=1S/C15H30N4/c1-6-13(4)18(5)7-8-19-11-17-10-15(19)14(9-16)12(2)3/h10-14H,6-9,16H2,1-5H3. The van der Waals surface area contributed by atoms with Gasteiger partial charge in [0.05, 0.1) is 6.33 Å². The molecule has 1 aromatic rings. The highest BCUT2D eigenvalue weighted by Gasteiger charge is 2.18. The van der Waals surface area contributed by atoms with E-state index in [4.69, 9.17) is 5.73 Å². The van der Waals surface area contributed by atoms with E-state index in [-0.39, 0.29) is 0 Å². The third kappa shape index (κ3) is 4.32. The van der Waals surface area contributed by atoms with Crippen LogP contribution in [-0.4, -0.2) is 40.6 Å². The van der Waals surface area contributed by atoms with E-state index >= 15 is 0 Å². The monoisotopic (exact) mass is 266 g/mol. The molecule has 2 N–H and O–H groups in total. The van der Waals surface area contributed by atoms with Crippen molar-refractivity contribution in [3.63, 3.8) is 0 Å². The van der Waals surface area contributed by atoms with E-state index in [0.29, 0.717) is 24.4 Å². The van der Waals surface area contributed by atoms with E-state index in [1.807, 2.05) is 12.5 Å². The SMILES string of the molecule is CCC(C)N(C)CCn1cncc1C(CN)C(C)C. The van der Waals surface area contributed by atoms with Crippen molar-refractivity contribution >= 4 is 0 Å². The van der Waals surface area contributed by atoms with Gasteiger partial charge in [-0.2, -0.15) is 0 Å². The van der Waals surface area contributed by atoms with E-state index in [1.165, 1.54) is 12.1 Å². The van der Waals surface area contributed by atoms with Crippen LogP contribution in [0.25, 0.3) is 0 Å². The van der Waals surface area contributed by atoms with Crippen molar-refractivity contribution in [2.24, 2.45) is 11.7 Å². The van der Waals surface area contributed by atoms with Crippen LogP contribution in [-0.2, 0) is 6.54 Å². The Bertz CT molecular complexity index is 359. The molecule has 110 valence electrons. The molecule has 4 heteroatoms. The lowest BCUT2D eigenvalue weighted by Crippen LogP contribution is -2.32. The smallest absolute Gasteiger partial charge is 0.0948 e. The highest BCUT2D eigenvalue weighted by molar-refractivity contribution is 5.08. The van der Waals surface area contributed by atoms with Crippen LogP contribution in [0.15, 0.2) is 12.5 Å². The molecule has 1 heterocycles. The molecule has 0 saturated carbocycles. The Labute approximate surface area is 118 Å². The van der Waals surface area contributed by atoms with Crippen LogP contribution in [0.1, 0.15) is 45.7 Å². The van der Waals surface area contributed by atoms with Gasteiger partial charge in [-0.25, -0.2) is 4.98 Å². The van der Waals surface area contributed by atoms with Gasteiger partial charge in [-0.15, -0.1) is 0 Å². The fraction of sp³-hybridized carbons (Fsp3) is 0.800. The molecule has 19 heavy (non-hydrogen) atoms. The second-order valence-corrected chi connectivity index (χ2v) is 5.84. The summed E-state index contributed by atoms with van der Waals surface area (Å²) < 4.78 is 2.26. The van der Waals surface area contributed by atoms with E-state index < -0.39 is 0 Å². The summed E-state index contributed by atoms with van der Waals surface area (Å²) in [5.74, 6) is 0.948. The second-order valence-electron chi connectivity index (χ2n) is 5.84. The number of hydrogen-bond acceptors (Lipinski definition) is 3. The Hall–Kier alpha value is -0.870. The quantitative estimate of drug-likeness (QED) is 0.785. The summed E-state index contributed by atoms with van der Waals surface area (Å²) in [6, 6.07) is 0.627. The predicted molar refractivity (Wildman–Crippen MR) is 81.2 cm³/mol. The Balaban J connectivity index is 2.67. The van der Waals surface area contributed by atoms with E-state index in [0.717, 1.165) is 13.1 Å². The van der Waals surface area contributed by atoms with Crippen molar-refractivity contribution in [1.29, 1.82) is 0 Å². The van der Waals surface area contributed by atoms with Crippen LogP contribution in [0.3, 0.4) is 0 Å². The van der Waals surface area contributed by atoms with Gasteiger partial charge in [-0.1, -0.05) is 20.8 Å². The molecule has 0 aliphatic rings. The fourth-order valence-electron chi connectivity index (χ4n) is 2.36. The highest BCUT2D eigenvalue weighted by atomic mass is 15.2. The molecule has 0 fully saturated rings. The molecule has 1 rings (SSSR count). The maximum Gasteiger partial charge on any atom is 0.0948 e. The van der Waals surface area contributed by atoms with Crippen LogP contribution in [0, 0.1) is 5.92 Å². The molecule has 0 radical (unpaired) electrons. The lowest BCUT2D eigenvalue weighted by Gasteiger charge is -2.25. The molecule has 0 spiro atoms. The van der Waals surface area contributed by atoms with Gasteiger partial charge in [0.15, 0.2) is 0 Å². The third-order valence-corrected chi connectivity index (χ3v) is 4.22. The molecule has 0 amide bonds. The molecule has 0 aliphatic carbocycles. The van der Waals surface area contributed by atoms with E-state index in [9.17, 15) is 0 Å². The molecular formula is C15H30N4. The van der Waals surface area contributed by atoms with Gasteiger partial charge in [-0.3, -0.25) is 0 Å². The zero-order valence-electron chi connectivity index (χ0n) is 13.1. The largest absolute Gasteiger partial charge is 0.333 e. The van der Waals surface area contributed by atoms with Gasteiger partial charge in [0, 0.05) is 43.5 Å². The molecule has 1 aromatic heterocycles. The number of likely N-dealkylation sites (N-methyl/N-ethyl adjacent to an activating group) is 1. The van der Waals surface area contributed by atoms with Gasteiger partial charge < -0.3 is 15.2 Å². The Morgan fingerprint density at radius 1 is 1.37 bits per heavy atom. The molecule has 0 bridgehead atoms. The van der Waals surface area contributed by atoms with Crippen LogP contribution in [0.2, 0.25) is 0 Å². The van der Waals surface area contributed by atoms with Crippen molar-refractivity contribution in [3.05, 3.63) is 18.2 Å². The minimum atomic E-state index is 0.399. The molecular weight excluding hydrogens is 236 g/mol. The molecule has 2 unspecified atom stereocenters. The van der Waals surface area contributed by atoms with E-state index in [1.54, 1.807) is 0 Å². The summed E-state index contributed by atoms with van der Waals surface area (Å²) in [5.41, 5.74) is 7.18. The number of rotatable bonds is 8. The van der Waals surface area contributed by atoms with Crippen LogP contribution in [0.4, 0.5) is 0 Å². The number of aromatic nitrogens is 2. The van der Waals surface area contributed by atoms with Crippen molar-refractivity contribution in [3.8, 4) is 0 Å². The second kappa shape index (κ2) is 7.65. The molecule has 4 nitrogen and oxygen atoms in total. The van der Waals surface area contributed by atoms with Crippen molar-refractivity contribution in [2.45, 2.75) is 52.6 Å². The summed E-state index contributed by atoms with van der Waals surface area (Å²) in [4.78, 5) is 6.70. The molecule has 0 saturated heterocycles. The van der Waals surface area contributed by atoms with Gasteiger partial charge in [0.1, 0.15) is 0 Å². The lowest BCUT2D eigenvalue weighted by atomic mass is 9.93. The zero-order chi connectivity index (χ0) is 14.4. The molecule has 0 aromatic carbocycles. The van der Waals surface area contributed by atoms with Gasteiger partial charge in [0.25, 0.3) is 0 Å². The summed E-state index contributed by atoms with van der Waals surface area (Å²) in [6.45, 7) is 11.7. The van der Waals surface area contributed by atoms with Crippen LogP contribution < -0.4 is 5.73 Å². The first-order chi connectivity index (χ1) is 9.01. The average molecular weight is 266 g/mol. The van der Waals surface area contributed by atoms with Crippen LogP contribution in [0.5, 0.6) is 0 Å². The number of hydrogen-bond donors (Lipinski definition) is 1. The first-order valence-electron chi connectivity index (χ1n) is 7.41. The normalized spacial score (nSPS) is 15.2. The van der Waals surface area contributed by atoms with Gasteiger partial charge in [-0.05, 0) is 26.3 Å². The summed E-state index contributed by atoms with van der Waals surface area (Å²) in [5, 5.41) is 0. The lowest BCUT2D eigenvalue weighted by molar-refractivity contribution is 0.240. The minimum Gasteiger partial charge on any atom is -0.333 e. The topological polar surface area (TPSA) is 47.1 Å². The average Bonchev–Trinajstić information content (AvgIpc) is 2.83. The zero-order valence-corrected chi connectivity index (χ0v) is 13.1. The van der Waals surface area contributed by atoms with Crippen molar-refractivity contribution in [1.82, 2.24) is 14.5 Å². The number of nitrogens with two attached hydrogens (primary N) is 1. The van der Waals surface area contributed by atoms with Gasteiger partial charge in [0.2, 0.25) is 0 Å². The molecule has 0 aliphatic heterocycles. The fourth-order valence-corrected chi connectivity index (χ4v) is 2.36. The Morgan fingerprint density at radius 2 is 2.05 bits per heavy atom. The minimum absolute atomic E-state index is 0.399. The van der Waals surface area contributed by atoms with Crippen molar-refractivity contribution in [2.75, 3.05) is 20.1 Å². The first kappa shape index (κ1) is 16.2. The maximum atomic E-state index is 5.91. The Morgan fingerprint density at radius 3 is 2.58 bits per heavy atom. The Kier molecular flexibility index (Phi) is 6.52. The highest BCUT2D eigenvalue weighted by Crippen LogP contribution is 2.22. The van der Waals surface area contributed by atoms with E-state index in [2.05, 4.69) is 49.2 Å². The summed E-state index contributed by atoms with van der Waals surface area (Å²) in [6.07, 6.45) is 5.09. The maximum absolute atomic E-state index is 5.91. The first-order valence-corrected chi connectivity index (χ1v) is 7.41. The summed E-state index contributed by atoms with van der Waals surface area (Å²) >= 11 is 0.